The lowest BCUT2D eigenvalue weighted by atomic mass is 10.2. The van der Waals surface area contributed by atoms with Crippen molar-refractivity contribution < 1.29 is 9.59 Å². The van der Waals surface area contributed by atoms with E-state index in [9.17, 15) is 9.59 Å². The normalized spacial score (nSPS) is 14.7. The molecule has 0 bridgehead atoms. The third kappa shape index (κ3) is 5.02. The summed E-state index contributed by atoms with van der Waals surface area (Å²) in [5.74, 6) is 0.101. The van der Waals surface area contributed by atoms with Crippen LogP contribution < -0.4 is 0 Å². The molecule has 1 aliphatic rings. The smallest absolute Gasteiger partial charge is 0.264 e. The number of hydrogen-bond donors (Lipinski definition) is 0. The van der Waals surface area contributed by atoms with Crippen LogP contribution in [0.25, 0.3) is 0 Å². The fraction of sp³-hybridized carbons (Fsp3) is 0.368. The predicted molar refractivity (Wildman–Crippen MR) is 110 cm³/mol. The molecule has 0 atom stereocenters. The van der Waals surface area contributed by atoms with Crippen LogP contribution in [0, 0.1) is 0 Å². The molecule has 0 saturated carbocycles. The van der Waals surface area contributed by atoms with E-state index >= 15 is 0 Å². The highest BCUT2D eigenvalue weighted by molar-refractivity contribution is 7.12. The minimum atomic E-state index is 0.0461. The standard InChI is InChI=1S/C19H21Cl2N3O2S/c1-22(12-14-4-2-5-15(20)18(14)21)13-17(25)23-7-9-24(10-8-23)19(26)16-6-3-11-27-16/h2-6,11H,7-10,12-13H2,1H3. The topological polar surface area (TPSA) is 43.9 Å². The Morgan fingerprint density at radius 3 is 2.44 bits per heavy atom. The van der Waals surface area contributed by atoms with Crippen molar-refractivity contribution >= 4 is 46.4 Å². The summed E-state index contributed by atoms with van der Waals surface area (Å²) in [6, 6.07) is 9.21. The van der Waals surface area contributed by atoms with Crippen molar-refractivity contribution in [2.75, 3.05) is 39.8 Å². The molecular formula is C19H21Cl2N3O2S. The Balaban J connectivity index is 1.49. The van der Waals surface area contributed by atoms with E-state index in [0.717, 1.165) is 10.4 Å². The van der Waals surface area contributed by atoms with Gasteiger partial charge in [0.2, 0.25) is 5.91 Å². The van der Waals surface area contributed by atoms with Gasteiger partial charge in [-0.1, -0.05) is 41.4 Å². The number of halogens is 2. The van der Waals surface area contributed by atoms with Gasteiger partial charge in [-0.05, 0) is 30.1 Å². The summed E-state index contributed by atoms with van der Waals surface area (Å²) in [7, 11) is 1.88. The number of piperazine rings is 1. The zero-order valence-corrected chi connectivity index (χ0v) is 17.4. The Bertz CT molecular complexity index is 805. The van der Waals surface area contributed by atoms with Crippen LogP contribution in [-0.4, -0.2) is 66.3 Å². The summed E-state index contributed by atoms with van der Waals surface area (Å²) < 4.78 is 0. The van der Waals surface area contributed by atoms with Crippen LogP contribution in [0.1, 0.15) is 15.2 Å². The molecule has 0 aliphatic carbocycles. The molecule has 1 fully saturated rings. The largest absolute Gasteiger partial charge is 0.338 e. The number of benzene rings is 1. The summed E-state index contributed by atoms with van der Waals surface area (Å²) in [5.41, 5.74) is 0.894. The van der Waals surface area contributed by atoms with E-state index in [4.69, 9.17) is 23.2 Å². The molecule has 144 valence electrons. The molecular weight excluding hydrogens is 405 g/mol. The lowest BCUT2D eigenvalue weighted by molar-refractivity contribution is -0.133. The maximum absolute atomic E-state index is 12.6. The highest BCUT2D eigenvalue weighted by Gasteiger charge is 2.25. The van der Waals surface area contributed by atoms with Gasteiger partial charge < -0.3 is 9.80 Å². The van der Waals surface area contributed by atoms with Crippen molar-refractivity contribution in [2.45, 2.75) is 6.54 Å². The van der Waals surface area contributed by atoms with Crippen LogP contribution in [0.4, 0.5) is 0 Å². The van der Waals surface area contributed by atoms with Crippen molar-refractivity contribution in [3.8, 4) is 0 Å². The molecule has 0 unspecified atom stereocenters. The van der Waals surface area contributed by atoms with Gasteiger partial charge in [-0.3, -0.25) is 14.5 Å². The Hall–Kier alpha value is -1.60. The summed E-state index contributed by atoms with van der Waals surface area (Å²) in [6.45, 7) is 3.08. The molecule has 2 heterocycles. The molecule has 0 radical (unpaired) electrons. The summed E-state index contributed by atoms with van der Waals surface area (Å²) in [4.78, 5) is 31.2. The molecule has 2 aromatic rings. The molecule has 1 aromatic carbocycles. The van der Waals surface area contributed by atoms with Gasteiger partial charge >= 0.3 is 0 Å². The number of hydrogen-bond acceptors (Lipinski definition) is 4. The molecule has 1 aromatic heterocycles. The van der Waals surface area contributed by atoms with E-state index in [2.05, 4.69) is 0 Å². The number of carbonyl (C=O) groups is 2. The third-order valence-electron chi connectivity index (χ3n) is 4.53. The van der Waals surface area contributed by atoms with E-state index in [1.165, 1.54) is 11.3 Å². The second-order valence-corrected chi connectivity index (χ2v) is 8.27. The van der Waals surface area contributed by atoms with Gasteiger partial charge in [0, 0.05) is 32.7 Å². The van der Waals surface area contributed by atoms with Crippen molar-refractivity contribution in [1.82, 2.24) is 14.7 Å². The number of likely N-dealkylation sites (N-methyl/N-ethyl adjacent to an activating group) is 1. The zero-order valence-electron chi connectivity index (χ0n) is 15.0. The molecule has 2 amide bonds. The molecule has 1 saturated heterocycles. The van der Waals surface area contributed by atoms with E-state index < -0.39 is 0 Å². The molecule has 8 heteroatoms. The van der Waals surface area contributed by atoms with Crippen LogP contribution in [0.3, 0.4) is 0 Å². The number of carbonyl (C=O) groups excluding carboxylic acids is 2. The van der Waals surface area contributed by atoms with Gasteiger partial charge in [-0.15, -0.1) is 11.3 Å². The first-order valence-electron chi connectivity index (χ1n) is 8.67. The quantitative estimate of drug-likeness (QED) is 0.736. The van der Waals surface area contributed by atoms with Crippen molar-refractivity contribution in [1.29, 1.82) is 0 Å². The second-order valence-electron chi connectivity index (χ2n) is 6.54. The SMILES string of the molecule is CN(CC(=O)N1CCN(C(=O)c2cccs2)CC1)Cc1cccc(Cl)c1Cl. The third-order valence-corrected chi connectivity index (χ3v) is 6.24. The van der Waals surface area contributed by atoms with E-state index in [1.54, 1.807) is 6.07 Å². The number of amides is 2. The van der Waals surface area contributed by atoms with Gasteiger partial charge in [0.1, 0.15) is 0 Å². The molecule has 3 rings (SSSR count). The summed E-state index contributed by atoms with van der Waals surface area (Å²) >= 11 is 13.7. The number of nitrogens with zero attached hydrogens (tertiary/aromatic N) is 3. The predicted octanol–water partition coefficient (Wildman–Crippen LogP) is 3.47. The van der Waals surface area contributed by atoms with Gasteiger partial charge in [-0.25, -0.2) is 0 Å². The number of rotatable bonds is 5. The Morgan fingerprint density at radius 1 is 1.07 bits per heavy atom. The molecule has 0 spiro atoms. The van der Waals surface area contributed by atoms with Gasteiger partial charge in [0.05, 0.1) is 21.5 Å². The molecule has 5 nitrogen and oxygen atoms in total. The van der Waals surface area contributed by atoms with Gasteiger partial charge in [0.25, 0.3) is 5.91 Å². The highest BCUT2D eigenvalue weighted by atomic mass is 35.5. The maximum Gasteiger partial charge on any atom is 0.264 e. The Kier molecular flexibility index (Phi) is 6.76. The highest BCUT2D eigenvalue weighted by Crippen LogP contribution is 2.26. The van der Waals surface area contributed by atoms with Crippen LogP contribution in [-0.2, 0) is 11.3 Å². The van der Waals surface area contributed by atoms with Crippen LogP contribution in [0.2, 0.25) is 10.0 Å². The number of thiophene rings is 1. The minimum absolute atomic E-state index is 0.0461. The van der Waals surface area contributed by atoms with Gasteiger partial charge in [0.15, 0.2) is 0 Å². The summed E-state index contributed by atoms with van der Waals surface area (Å²) in [6.07, 6.45) is 0. The summed E-state index contributed by atoms with van der Waals surface area (Å²) in [5, 5.41) is 2.94. The second kappa shape index (κ2) is 9.06. The van der Waals surface area contributed by atoms with E-state index in [-0.39, 0.29) is 11.8 Å². The fourth-order valence-electron chi connectivity index (χ4n) is 3.06. The maximum atomic E-state index is 12.6. The van der Waals surface area contributed by atoms with Crippen molar-refractivity contribution in [3.05, 3.63) is 56.2 Å². The van der Waals surface area contributed by atoms with Crippen LogP contribution >= 0.6 is 34.5 Å². The molecule has 27 heavy (non-hydrogen) atoms. The first-order valence-corrected chi connectivity index (χ1v) is 10.3. The van der Waals surface area contributed by atoms with E-state index in [0.29, 0.717) is 49.3 Å². The monoisotopic (exact) mass is 425 g/mol. The van der Waals surface area contributed by atoms with Crippen LogP contribution in [0.15, 0.2) is 35.7 Å². The minimum Gasteiger partial charge on any atom is -0.338 e. The lowest BCUT2D eigenvalue weighted by Crippen LogP contribution is -2.52. The zero-order chi connectivity index (χ0) is 19.4. The van der Waals surface area contributed by atoms with Crippen molar-refractivity contribution in [3.63, 3.8) is 0 Å². The average molecular weight is 426 g/mol. The van der Waals surface area contributed by atoms with Crippen LogP contribution in [0.5, 0.6) is 0 Å². The van der Waals surface area contributed by atoms with Gasteiger partial charge in [-0.2, -0.15) is 0 Å². The fourth-order valence-corrected chi connectivity index (χ4v) is 4.13. The average Bonchev–Trinajstić information content (AvgIpc) is 3.19. The Labute approximate surface area is 173 Å². The van der Waals surface area contributed by atoms with E-state index in [1.807, 2.05) is 51.4 Å². The first-order chi connectivity index (χ1) is 13.0. The molecule has 0 N–H and O–H groups in total. The lowest BCUT2D eigenvalue weighted by Gasteiger charge is -2.35. The first kappa shape index (κ1) is 20.1. The molecule has 1 aliphatic heterocycles. The van der Waals surface area contributed by atoms with Crippen molar-refractivity contribution in [2.24, 2.45) is 0 Å². The Morgan fingerprint density at radius 2 is 1.78 bits per heavy atom.